The topological polar surface area (TPSA) is 40.6 Å². The molecule has 116 valence electrons. The van der Waals surface area contributed by atoms with Crippen LogP contribution in [0.15, 0.2) is 0 Å². The third kappa shape index (κ3) is 2.33. The van der Waals surface area contributed by atoms with Gasteiger partial charge in [-0.1, -0.05) is 0 Å². The van der Waals surface area contributed by atoms with Crippen molar-refractivity contribution in [2.45, 2.75) is 91.4 Å². The molecule has 0 radical (unpaired) electrons. The molecule has 1 aliphatic heterocycles. The van der Waals surface area contributed by atoms with Gasteiger partial charge < -0.3 is 9.80 Å². The van der Waals surface area contributed by atoms with Crippen LogP contribution in [0.2, 0.25) is 0 Å². The lowest BCUT2D eigenvalue weighted by Gasteiger charge is -2.60. The van der Waals surface area contributed by atoms with Gasteiger partial charge in [-0.25, -0.2) is 0 Å². The third-order valence-corrected chi connectivity index (χ3v) is 3.91. The monoisotopic (exact) mass is 282 g/mol. The molecule has 0 N–H and O–H groups in total. The van der Waals surface area contributed by atoms with Gasteiger partial charge in [0.1, 0.15) is 11.1 Å². The molecular weight excluding hydrogens is 252 g/mol. The van der Waals surface area contributed by atoms with Crippen molar-refractivity contribution in [3.63, 3.8) is 0 Å². The third-order valence-electron chi connectivity index (χ3n) is 3.91. The van der Waals surface area contributed by atoms with E-state index in [2.05, 4.69) is 0 Å². The average molecular weight is 282 g/mol. The summed E-state index contributed by atoms with van der Waals surface area (Å²) in [6.45, 7) is 19.2. The van der Waals surface area contributed by atoms with Crippen molar-refractivity contribution in [3.8, 4) is 0 Å². The lowest BCUT2D eigenvalue weighted by molar-refractivity contribution is -0.189. The summed E-state index contributed by atoms with van der Waals surface area (Å²) in [5, 5.41) is 0. The summed E-state index contributed by atoms with van der Waals surface area (Å²) in [6.07, 6.45) is 0. The van der Waals surface area contributed by atoms with Crippen LogP contribution in [0.1, 0.15) is 69.2 Å². The summed E-state index contributed by atoms with van der Waals surface area (Å²) in [5.41, 5.74) is -2.45. The SMILES string of the molecule is CC(C)(C)N1C(=O)C(C)(C)N(C(C)(C)C)C(=O)C1(C)C. The number of hydrogen-bond donors (Lipinski definition) is 0. The first-order valence-electron chi connectivity index (χ1n) is 7.25. The molecule has 1 fully saturated rings. The first-order chi connectivity index (χ1) is 8.55. The minimum Gasteiger partial charge on any atom is -0.322 e. The minimum atomic E-state index is -0.835. The molecule has 0 unspecified atom stereocenters. The first kappa shape index (κ1) is 17.0. The Morgan fingerprint density at radius 2 is 0.850 bits per heavy atom. The van der Waals surface area contributed by atoms with E-state index >= 15 is 0 Å². The zero-order chi connectivity index (χ0) is 16.3. The Labute approximate surface area is 123 Å². The normalized spacial score (nSPS) is 23.3. The number of piperazine rings is 1. The molecule has 4 heteroatoms. The molecule has 0 aromatic heterocycles. The zero-order valence-electron chi connectivity index (χ0n) is 14.7. The summed E-state index contributed by atoms with van der Waals surface area (Å²) in [4.78, 5) is 29.6. The molecule has 0 aromatic rings. The van der Waals surface area contributed by atoms with Crippen LogP contribution in [-0.4, -0.2) is 43.8 Å². The highest BCUT2D eigenvalue weighted by molar-refractivity contribution is 6.02. The van der Waals surface area contributed by atoms with Gasteiger partial charge >= 0.3 is 0 Å². The van der Waals surface area contributed by atoms with E-state index in [1.165, 1.54) is 0 Å². The maximum Gasteiger partial charge on any atom is 0.249 e. The number of nitrogens with zero attached hydrogens (tertiary/aromatic N) is 2. The van der Waals surface area contributed by atoms with Crippen LogP contribution >= 0.6 is 0 Å². The van der Waals surface area contributed by atoms with Gasteiger partial charge in [0.25, 0.3) is 0 Å². The van der Waals surface area contributed by atoms with Gasteiger partial charge in [0, 0.05) is 11.1 Å². The predicted octanol–water partition coefficient (Wildman–Crippen LogP) is 2.81. The lowest BCUT2D eigenvalue weighted by Crippen LogP contribution is -2.79. The van der Waals surface area contributed by atoms with Gasteiger partial charge in [-0.15, -0.1) is 0 Å². The van der Waals surface area contributed by atoms with Crippen LogP contribution < -0.4 is 0 Å². The molecule has 1 aliphatic rings. The van der Waals surface area contributed by atoms with Crippen molar-refractivity contribution in [2.75, 3.05) is 0 Å². The number of carbonyl (C=O) groups excluding carboxylic acids is 2. The van der Waals surface area contributed by atoms with Crippen molar-refractivity contribution in [2.24, 2.45) is 0 Å². The van der Waals surface area contributed by atoms with Crippen molar-refractivity contribution in [1.29, 1.82) is 0 Å². The van der Waals surface area contributed by atoms with Crippen LogP contribution in [0.3, 0.4) is 0 Å². The largest absolute Gasteiger partial charge is 0.322 e. The van der Waals surface area contributed by atoms with Crippen molar-refractivity contribution in [3.05, 3.63) is 0 Å². The van der Waals surface area contributed by atoms with Crippen LogP contribution in [0.4, 0.5) is 0 Å². The quantitative estimate of drug-likeness (QED) is 0.685. The molecule has 0 aliphatic carbocycles. The number of amides is 2. The smallest absolute Gasteiger partial charge is 0.249 e. The Morgan fingerprint density at radius 3 is 1.00 bits per heavy atom. The molecule has 20 heavy (non-hydrogen) atoms. The van der Waals surface area contributed by atoms with E-state index < -0.39 is 22.2 Å². The standard InChI is InChI=1S/C16H30N2O2/c1-13(2,3)17-11(19)16(9,10)18(14(4,5)6)12(20)15(17,7)8/h1-10H3. The Hall–Kier alpha value is -1.06. The molecule has 0 atom stereocenters. The van der Waals surface area contributed by atoms with Gasteiger partial charge in [0.05, 0.1) is 0 Å². The van der Waals surface area contributed by atoms with Crippen LogP contribution in [0.5, 0.6) is 0 Å². The highest BCUT2D eigenvalue weighted by atomic mass is 16.2. The maximum absolute atomic E-state index is 13.0. The molecule has 2 amide bonds. The Kier molecular flexibility index (Phi) is 3.58. The Balaban J connectivity index is 3.53. The number of rotatable bonds is 0. The van der Waals surface area contributed by atoms with E-state index in [1.54, 1.807) is 9.80 Å². The molecule has 1 rings (SSSR count). The molecule has 4 nitrogen and oxygen atoms in total. The predicted molar refractivity (Wildman–Crippen MR) is 81.4 cm³/mol. The highest BCUT2D eigenvalue weighted by Gasteiger charge is 2.59. The van der Waals surface area contributed by atoms with Gasteiger partial charge in [0.15, 0.2) is 0 Å². The molecule has 1 heterocycles. The second-order valence-corrected chi connectivity index (χ2v) is 8.74. The molecule has 0 bridgehead atoms. The molecule has 0 spiro atoms. The van der Waals surface area contributed by atoms with E-state index in [1.807, 2.05) is 69.2 Å². The van der Waals surface area contributed by atoms with Gasteiger partial charge in [0.2, 0.25) is 11.8 Å². The summed E-state index contributed by atoms with van der Waals surface area (Å²) >= 11 is 0. The fourth-order valence-electron chi connectivity index (χ4n) is 3.53. The van der Waals surface area contributed by atoms with E-state index in [0.29, 0.717) is 0 Å². The Bertz CT molecular complexity index is 394. The van der Waals surface area contributed by atoms with Crippen molar-refractivity contribution in [1.82, 2.24) is 9.80 Å². The lowest BCUT2D eigenvalue weighted by atomic mass is 9.80. The van der Waals surface area contributed by atoms with Gasteiger partial charge in [-0.05, 0) is 69.2 Å². The van der Waals surface area contributed by atoms with Gasteiger partial charge in [-0.3, -0.25) is 9.59 Å². The number of carbonyl (C=O) groups is 2. The zero-order valence-corrected chi connectivity index (χ0v) is 14.7. The van der Waals surface area contributed by atoms with E-state index in [9.17, 15) is 9.59 Å². The van der Waals surface area contributed by atoms with Crippen LogP contribution in [0.25, 0.3) is 0 Å². The van der Waals surface area contributed by atoms with Crippen LogP contribution in [-0.2, 0) is 9.59 Å². The molecule has 0 saturated carbocycles. The van der Waals surface area contributed by atoms with E-state index in [-0.39, 0.29) is 11.8 Å². The first-order valence-corrected chi connectivity index (χ1v) is 7.25. The number of hydrogen-bond acceptors (Lipinski definition) is 2. The highest BCUT2D eigenvalue weighted by Crippen LogP contribution is 2.40. The minimum absolute atomic E-state index is 0.00419. The Morgan fingerprint density at radius 1 is 0.650 bits per heavy atom. The average Bonchev–Trinajstić information content (AvgIpc) is 2.09. The van der Waals surface area contributed by atoms with Crippen molar-refractivity contribution >= 4 is 11.8 Å². The molecule has 0 aromatic carbocycles. The van der Waals surface area contributed by atoms with E-state index in [0.717, 1.165) is 0 Å². The second kappa shape index (κ2) is 4.22. The van der Waals surface area contributed by atoms with Gasteiger partial charge in [-0.2, -0.15) is 0 Å². The second-order valence-electron chi connectivity index (χ2n) is 8.74. The maximum atomic E-state index is 13.0. The molecular formula is C16H30N2O2. The molecule has 1 saturated heterocycles. The summed E-state index contributed by atoms with van der Waals surface area (Å²) in [5.74, 6) is 0.00838. The fourth-order valence-corrected chi connectivity index (χ4v) is 3.53. The van der Waals surface area contributed by atoms with E-state index in [4.69, 9.17) is 0 Å². The summed E-state index contributed by atoms with van der Waals surface area (Å²) in [7, 11) is 0. The van der Waals surface area contributed by atoms with Crippen LogP contribution in [0, 0.1) is 0 Å². The summed E-state index contributed by atoms with van der Waals surface area (Å²) < 4.78 is 0. The van der Waals surface area contributed by atoms with Crippen molar-refractivity contribution < 1.29 is 9.59 Å². The summed E-state index contributed by atoms with van der Waals surface area (Å²) in [6, 6.07) is 0. The fraction of sp³-hybridized carbons (Fsp3) is 0.875.